The maximum absolute atomic E-state index is 12.0. The van der Waals surface area contributed by atoms with Gasteiger partial charge in [0.05, 0.1) is 7.11 Å². The van der Waals surface area contributed by atoms with Gasteiger partial charge in [-0.2, -0.15) is 0 Å². The molecule has 0 spiro atoms. The van der Waals surface area contributed by atoms with E-state index < -0.39 is 12.1 Å². The molecular formula is C12H14O5. The smallest absolute Gasteiger partial charge is 0.373 e. The van der Waals surface area contributed by atoms with Gasteiger partial charge < -0.3 is 13.9 Å². The molecule has 0 saturated carbocycles. The lowest BCUT2D eigenvalue weighted by Gasteiger charge is -2.20. The fourth-order valence-electron chi connectivity index (χ4n) is 1.79. The molecule has 1 saturated heterocycles. The number of hydrogen-bond donors (Lipinski definition) is 0. The van der Waals surface area contributed by atoms with Gasteiger partial charge in [-0.05, 0) is 31.4 Å². The summed E-state index contributed by atoms with van der Waals surface area (Å²) >= 11 is 0. The number of hydrogen-bond acceptors (Lipinski definition) is 5. The van der Waals surface area contributed by atoms with Crippen molar-refractivity contribution in [3.63, 3.8) is 0 Å². The fraction of sp³-hybridized carbons (Fsp3) is 0.500. The zero-order valence-corrected chi connectivity index (χ0v) is 9.60. The molecule has 0 aromatic carbocycles. The molecule has 0 amide bonds. The molecule has 1 aliphatic rings. The minimum atomic E-state index is -0.589. The van der Waals surface area contributed by atoms with E-state index in [0.29, 0.717) is 13.0 Å². The minimum absolute atomic E-state index is 0.0339. The van der Waals surface area contributed by atoms with Crippen LogP contribution in [-0.4, -0.2) is 31.6 Å². The molecule has 1 aromatic rings. The van der Waals surface area contributed by atoms with Gasteiger partial charge >= 0.3 is 5.97 Å². The molecule has 0 bridgehead atoms. The van der Waals surface area contributed by atoms with Crippen LogP contribution in [0.4, 0.5) is 0 Å². The third-order valence-corrected chi connectivity index (χ3v) is 2.71. The first-order valence-corrected chi connectivity index (χ1v) is 5.56. The molecule has 0 N–H and O–H groups in total. The Balaban J connectivity index is 2.08. The Labute approximate surface area is 98.7 Å². The lowest BCUT2D eigenvalue weighted by Crippen LogP contribution is -2.27. The highest BCUT2D eigenvalue weighted by Gasteiger charge is 2.26. The zero-order valence-electron chi connectivity index (χ0n) is 9.60. The number of Topliss-reactive ketones (excluding diaryl/α,β-unsaturated/α-hetero) is 1. The molecule has 2 heterocycles. The molecule has 2 rings (SSSR count). The molecule has 1 atom stereocenters. The first-order valence-electron chi connectivity index (χ1n) is 5.56. The number of carbonyl (C=O) groups is 2. The van der Waals surface area contributed by atoms with E-state index in [1.54, 1.807) is 0 Å². The van der Waals surface area contributed by atoms with Crippen molar-refractivity contribution < 1.29 is 23.5 Å². The Morgan fingerprint density at radius 2 is 2.06 bits per heavy atom. The molecule has 0 radical (unpaired) electrons. The van der Waals surface area contributed by atoms with Crippen molar-refractivity contribution in [2.24, 2.45) is 0 Å². The molecular weight excluding hydrogens is 224 g/mol. The van der Waals surface area contributed by atoms with Crippen molar-refractivity contribution >= 4 is 11.8 Å². The van der Waals surface area contributed by atoms with Crippen LogP contribution in [0.2, 0.25) is 0 Å². The molecule has 5 nitrogen and oxygen atoms in total. The summed E-state index contributed by atoms with van der Waals surface area (Å²) in [4.78, 5) is 23.1. The van der Waals surface area contributed by atoms with E-state index >= 15 is 0 Å². The highest BCUT2D eigenvalue weighted by Crippen LogP contribution is 2.19. The second kappa shape index (κ2) is 5.14. The third kappa shape index (κ3) is 2.55. The minimum Gasteiger partial charge on any atom is -0.463 e. The van der Waals surface area contributed by atoms with E-state index in [9.17, 15) is 9.59 Å². The summed E-state index contributed by atoms with van der Waals surface area (Å²) in [5.74, 6) is -0.613. The van der Waals surface area contributed by atoms with Crippen molar-refractivity contribution in [3.8, 4) is 0 Å². The summed E-state index contributed by atoms with van der Waals surface area (Å²) in [6.45, 7) is 0.598. The predicted molar refractivity (Wildman–Crippen MR) is 58.0 cm³/mol. The van der Waals surface area contributed by atoms with E-state index in [1.165, 1.54) is 19.2 Å². The molecule has 5 heteroatoms. The maximum atomic E-state index is 12.0. The number of rotatable bonds is 3. The van der Waals surface area contributed by atoms with Crippen LogP contribution in [-0.2, 0) is 9.47 Å². The topological polar surface area (TPSA) is 65.7 Å². The van der Waals surface area contributed by atoms with Crippen LogP contribution in [0, 0.1) is 0 Å². The van der Waals surface area contributed by atoms with Gasteiger partial charge in [-0.1, -0.05) is 0 Å². The Kier molecular flexibility index (Phi) is 3.58. The molecule has 0 aliphatic carbocycles. The molecule has 17 heavy (non-hydrogen) atoms. The van der Waals surface area contributed by atoms with Crippen molar-refractivity contribution in [1.29, 1.82) is 0 Å². The van der Waals surface area contributed by atoms with Crippen LogP contribution in [0.1, 0.15) is 40.4 Å². The van der Waals surface area contributed by atoms with Crippen molar-refractivity contribution in [2.45, 2.75) is 25.4 Å². The maximum Gasteiger partial charge on any atom is 0.373 e. The van der Waals surface area contributed by atoms with Gasteiger partial charge in [-0.3, -0.25) is 4.79 Å². The SMILES string of the molecule is COC(=O)c1ccc(C(=O)C2CCCCO2)o1. The van der Waals surface area contributed by atoms with Gasteiger partial charge in [0.2, 0.25) is 11.5 Å². The average molecular weight is 238 g/mol. The van der Waals surface area contributed by atoms with E-state index in [4.69, 9.17) is 9.15 Å². The summed E-state index contributed by atoms with van der Waals surface area (Å²) in [5, 5.41) is 0. The largest absolute Gasteiger partial charge is 0.463 e. The number of furan rings is 1. The van der Waals surface area contributed by atoms with Crippen molar-refractivity contribution in [1.82, 2.24) is 0 Å². The van der Waals surface area contributed by atoms with Crippen LogP contribution in [0.5, 0.6) is 0 Å². The highest BCUT2D eigenvalue weighted by molar-refractivity contribution is 5.98. The van der Waals surface area contributed by atoms with Crippen LogP contribution in [0.3, 0.4) is 0 Å². The van der Waals surface area contributed by atoms with Gasteiger partial charge in [-0.15, -0.1) is 0 Å². The number of ketones is 1. The van der Waals surface area contributed by atoms with Crippen molar-refractivity contribution in [3.05, 3.63) is 23.7 Å². The number of ether oxygens (including phenoxy) is 2. The van der Waals surface area contributed by atoms with Gasteiger partial charge in [0, 0.05) is 6.61 Å². The first-order chi connectivity index (χ1) is 8.22. The summed E-state index contributed by atoms with van der Waals surface area (Å²) in [6.07, 6.45) is 2.21. The molecule has 1 fully saturated rings. The molecule has 92 valence electrons. The Morgan fingerprint density at radius 3 is 2.71 bits per heavy atom. The monoisotopic (exact) mass is 238 g/mol. The summed E-state index contributed by atoms with van der Waals surface area (Å²) < 4.78 is 15.0. The third-order valence-electron chi connectivity index (χ3n) is 2.71. The number of esters is 1. The molecule has 1 aliphatic heterocycles. The van der Waals surface area contributed by atoms with Gasteiger partial charge in [0.25, 0.3) is 0 Å². The standard InChI is InChI=1S/C12H14O5/c1-15-12(14)10-6-5-9(17-10)11(13)8-4-2-3-7-16-8/h5-6,8H,2-4,7H2,1H3. The van der Waals surface area contributed by atoms with E-state index in [2.05, 4.69) is 4.74 Å². The quantitative estimate of drug-likeness (QED) is 0.593. The van der Waals surface area contributed by atoms with Crippen LogP contribution < -0.4 is 0 Å². The number of carbonyl (C=O) groups excluding carboxylic acids is 2. The summed E-state index contributed by atoms with van der Waals surface area (Å²) in [7, 11) is 1.26. The van der Waals surface area contributed by atoms with Gasteiger partial charge in [-0.25, -0.2) is 4.79 Å². The highest BCUT2D eigenvalue weighted by atomic mass is 16.5. The van der Waals surface area contributed by atoms with E-state index in [0.717, 1.165) is 12.8 Å². The van der Waals surface area contributed by atoms with Crippen LogP contribution in [0.25, 0.3) is 0 Å². The first kappa shape index (κ1) is 11.9. The average Bonchev–Trinajstić information content (AvgIpc) is 2.87. The summed E-state index contributed by atoms with van der Waals surface area (Å²) in [5.41, 5.74) is 0. The van der Waals surface area contributed by atoms with Gasteiger partial charge in [0.1, 0.15) is 6.10 Å². The Bertz CT molecular complexity index is 414. The zero-order chi connectivity index (χ0) is 12.3. The van der Waals surface area contributed by atoms with Gasteiger partial charge in [0.15, 0.2) is 5.76 Å². The Morgan fingerprint density at radius 1 is 1.29 bits per heavy atom. The lowest BCUT2D eigenvalue weighted by atomic mass is 10.0. The molecule has 1 unspecified atom stereocenters. The van der Waals surface area contributed by atoms with E-state index in [1.807, 2.05) is 0 Å². The van der Waals surface area contributed by atoms with Crippen LogP contribution in [0.15, 0.2) is 16.5 Å². The second-order valence-corrected chi connectivity index (χ2v) is 3.87. The Hall–Kier alpha value is -1.62. The predicted octanol–water partition coefficient (Wildman–Crippen LogP) is 1.82. The normalized spacial score (nSPS) is 19.9. The second-order valence-electron chi connectivity index (χ2n) is 3.87. The number of methoxy groups -OCH3 is 1. The lowest BCUT2D eigenvalue weighted by molar-refractivity contribution is 0.0166. The van der Waals surface area contributed by atoms with E-state index in [-0.39, 0.29) is 17.3 Å². The molecule has 1 aromatic heterocycles. The fourth-order valence-corrected chi connectivity index (χ4v) is 1.79. The van der Waals surface area contributed by atoms with Crippen LogP contribution >= 0.6 is 0 Å². The van der Waals surface area contributed by atoms with Crippen molar-refractivity contribution in [2.75, 3.05) is 13.7 Å². The summed E-state index contributed by atoms with van der Waals surface area (Å²) in [6, 6.07) is 2.91.